The van der Waals surface area contributed by atoms with Gasteiger partial charge in [0.2, 0.25) is 5.91 Å². The number of amides is 1. The lowest BCUT2D eigenvalue weighted by Gasteiger charge is -2.34. The zero-order valence-corrected chi connectivity index (χ0v) is 15.0. The van der Waals surface area contributed by atoms with Crippen molar-refractivity contribution in [1.82, 2.24) is 10.2 Å². The molecular weight excluding hydrogens is 304 g/mol. The smallest absolute Gasteiger partial charge is 0.222 e. The average molecular weight is 334 g/mol. The Bertz CT molecular complexity index is 533. The highest BCUT2D eigenvalue weighted by Gasteiger charge is 2.23. The summed E-state index contributed by atoms with van der Waals surface area (Å²) < 4.78 is 5.72. The summed E-state index contributed by atoms with van der Waals surface area (Å²) in [5, 5.41) is 13.3. The van der Waals surface area contributed by atoms with E-state index in [0.717, 1.165) is 37.2 Å². The minimum atomic E-state index is -0.538. The fourth-order valence-electron chi connectivity index (χ4n) is 2.96. The molecule has 2 atom stereocenters. The van der Waals surface area contributed by atoms with Gasteiger partial charge in [0.05, 0.1) is 0 Å². The molecule has 1 heterocycles. The topological polar surface area (TPSA) is 61.8 Å². The molecule has 0 bridgehead atoms. The molecule has 24 heavy (non-hydrogen) atoms. The van der Waals surface area contributed by atoms with Crippen LogP contribution in [0.3, 0.4) is 0 Å². The van der Waals surface area contributed by atoms with Crippen molar-refractivity contribution in [3.05, 3.63) is 29.8 Å². The first-order chi connectivity index (χ1) is 11.5. The summed E-state index contributed by atoms with van der Waals surface area (Å²) in [6, 6.07) is 7.99. The molecule has 0 aliphatic carbocycles. The third kappa shape index (κ3) is 5.80. The highest BCUT2D eigenvalue weighted by Crippen LogP contribution is 2.17. The number of nitrogens with zero attached hydrogens (tertiary/aromatic N) is 1. The molecule has 0 saturated carbocycles. The monoisotopic (exact) mass is 334 g/mol. The van der Waals surface area contributed by atoms with Crippen LogP contribution in [0.15, 0.2) is 24.3 Å². The fraction of sp³-hybridized carbons (Fsp3) is 0.632. The van der Waals surface area contributed by atoms with Gasteiger partial charge in [-0.2, -0.15) is 0 Å². The molecule has 134 valence electrons. The number of hydrogen-bond acceptors (Lipinski definition) is 4. The minimum absolute atomic E-state index is 0.00785. The van der Waals surface area contributed by atoms with Crippen LogP contribution < -0.4 is 10.1 Å². The molecule has 0 spiro atoms. The standard InChI is InChI=1S/C19H30N2O3/c1-14(2)19(23)20-16-8-6-10-21(11-16)12-17(22)13-24-18-9-5-4-7-15(18)3/h4-5,7,9,14,16-17,22H,6,8,10-13H2,1-3H3,(H,20,23). The summed E-state index contributed by atoms with van der Waals surface area (Å²) in [6.45, 7) is 8.40. The number of nitrogens with one attached hydrogen (secondary N) is 1. The van der Waals surface area contributed by atoms with Crippen LogP contribution in [0.2, 0.25) is 0 Å². The van der Waals surface area contributed by atoms with Gasteiger partial charge in [0.15, 0.2) is 0 Å². The predicted octanol–water partition coefficient (Wildman–Crippen LogP) is 1.97. The van der Waals surface area contributed by atoms with Gasteiger partial charge >= 0.3 is 0 Å². The summed E-state index contributed by atoms with van der Waals surface area (Å²) in [5.74, 6) is 0.927. The molecule has 1 amide bonds. The van der Waals surface area contributed by atoms with Crippen LogP contribution in [0.4, 0.5) is 0 Å². The Kier molecular flexibility index (Phi) is 7.06. The number of para-hydroxylation sites is 1. The number of β-amino-alcohol motifs (C(OH)–C–C–N with tert-alkyl or cyclic N) is 1. The maximum absolute atomic E-state index is 11.8. The van der Waals surface area contributed by atoms with Crippen LogP contribution in [0, 0.1) is 12.8 Å². The summed E-state index contributed by atoms with van der Waals surface area (Å²) >= 11 is 0. The molecule has 2 rings (SSSR count). The maximum Gasteiger partial charge on any atom is 0.222 e. The van der Waals surface area contributed by atoms with E-state index in [1.807, 2.05) is 45.0 Å². The zero-order valence-electron chi connectivity index (χ0n) is 15.0. The Morgan fingerprint density at radius 3 is 2.88 bits per heavy atom. The van der Waals surface area contributed by atoms with Gasteiger partial charge in [-0.15, -0.1) is 0 Å². The van der Waals surface area contributed by atoms with Gasteiger partial charge < -0.3 is 15.2 Å². The first kappa shape index (κ1) is 18.7. The van der Waals surface area contributed by atoms with E-state index in [0.29, 0.717) is 6.54 Å². The quantitative estimate of drug-likeness (QED) is 0.800. The lowest BCUT2D eigenvalue weighted by molar-refractivity contribution is -0.125. The molecular formula is C19H30N2O3. The molecule has 5 heteroatoms. The summed E-state index contributed by atoms with van der Waals surface area (Å²) in [4.78, 5) is 14.0. The molecule has 1 aromatic carbocycles. The normalized spacial score (nSPS) is 20.0. The second-order valence-electron chi connectivity index (χ2n) is 6.99. The van der Waals surface area contributed by atoms with Crippen molar-refractivity contribution in [3.63, 3.8) is 0 Å². The zero-order chi connectivity index (χ0) is 17.5. The van der Waals surface area contributed by atoms with Crippen molar-refractivity contribution >= 4 is 5.91 Å². The third-order valence-corrected chi connectivity index (χ3v) is 4.37. The predicted molar refractivity (Wildman–Crippen MR) is 95.1 cm³/mol. The number of hydrogen-bond donors (Lipinski definition) is 2. The van der Waals surface area contributed by atoms with Crippen LogP contribution in [-0.4, -0.2) is 54.3 Å². The van der Waals surface area contributed by atoms with Gasteiger partial charge in [0, 0.05) is 25.0 Å². The van der Waals surface area contributed by atoms with Gasteiger partial charge in [-0.3, -0.25) is 9.69 Å². The molecule has 1 aromatic rings. The molecule has 0 aromatic heterocycles. The number of rotatable bonds is 7. The molecule has 1 aliphatic rings. The highest BCUT2D eigenvalue weighted by atomic mass is 16.5. The van der Waals surface area contributed by atoms with Crippen molar-refractivity contribution in [2.75, 3.05) is 26.2 Å². The number of benzene rings is 1. The highest BCUT2D eigenvalue weighted by molar-refractivity contribution is 5.78. The summed E-state index contributed by atoms with van der Waals surface area (Å²) in [7, 11) is 0. The van der Waals surface area contributed by atoms with E-state index >= 15 is 0 Å². The van der Waals surface area contributed by atoms with E-state index < -0.39 is 6.10 Å². The Hall–Kier alpha value is -1.59. The average Bonchev–Trinajstić information content (AvgIpc) is 2.54. The number of likely N-dealkylation sites (tertiary alicyclic amines) is 1. The van der Waals surface area contributed by atoms with Gasteiger partial charge in [-0.1, -0.05) is 32.0 Å². The second kappa shape index (κ2) is 9.04. The lowest BCUT2D eigenvalue weighted by atomic mass is 10.0. The lowest BCUT2D eigenvalue weighted by Crippen LogP contribution is -2.50. The van der Waals surface area contributed by atoms with Crippen molar-refractivity contribution in [2.24, 2.45) is 5.92 Å². The molecule has 0 radical (unpaired) electrons. The first-order valence-electron chi connectivity index (χ1n) is 8.85. The number of aliphatic hydroxyl groups is 1. The second-order valence-corrected chi connectivity index (χ2v) is 6.99. The SMILES string of the molecule is Cc1ccccc1OCC(O)CN1CCCC(NC(=O)C(C)C)C1. The van der Waals surface area contributed by atoms with E-state index in [4.69, 9.17) is 4.74 Å². The first-order valence-corrected chi connectivity index (χ1v) is 8.85. The largest absolute Gasteiger partial charge is 0.491 e. The van der Waals surface area contributed by atoms with Crippen LogP contribution in [0.5, 0.6) is 5.75 Å². The van der Waals surface area contributed by atoms with E-state index in [-0.39, 0.29) is 24.5 Å². The number of ether oxygens (including phenoxy) is 1. The molecule has 1 saturated heterocycles. The Morgan fingerprint density at radius 1 is 1.42 bits per heavy atom. The van der Waals surface area contributed by atoms with Crippen molar-refractivity contribution in [2.45, 2.75) is 45.8 Å². The van der Waals surface area contributed by atoms with E-state index in [9.17, 15) is 9.90 Å². The van der Waals surface area contributed by atoms with E-state index in [1.54, 1.807) is 0 Å². The van der Waals surface area contributed by atoms with E-state index in [1.165, 1.54) is 0 Å². The fourth-order valence-corrected chi connectivity index (χ4v) is 2.96. The molecule has 2 unspecified atom stereocenters. The van der Waals surface area contributed by atoms with Gasteiger partial charge in [-0.05, 0) is 37.9 Å². The summed E-state index contributed by atoms with van der Waals surface area (Å²) in [5.41, 5.74) is 1.07. The number of piperidine rings is 1. The number of carbonyl (C=O) groups is 1. The minimum Gasteiger partial charge on any atom is -0.491 e. The van der Waals surface area contributed by atoms with Crippen molar-refractivity contribution < 1.29 is 14.6 Å². The molecule has 2 N–H and O–H groups in total. The van der Waals surface area contributed by atoms with Crippen LogP contribution in [0.25, 0.3) is 0 Å². The van der Waals surface area contributed by atoms with Crippen LogP contribution in [-0.2, 0) is 4.79 Å². The van der Waals surface area contributed by atoms with Crippen molar-refractivity contribution in [3.8, 4) is 5.75 Å². The third-order valence-electron chi connectivity index (χ3n) is 4.37. The maximum atomic E-state index is 11.8. The number of aryl methyl sites for hydroxylation is 1. The van der Waals surface area contributed by atoms with Crippen molar-refractivity contribution in [1.29, 1.82) is 0 Å². The summed E-state index contributed by atoms with van der Waals surface area (Å²) in [6.07, 6.45) is 1.50. The Morgan fingerprint density at radius 2 is 2.17 bits per heavy atom. The number of aliphatic hydroxyl groups excluding tert-OH is 1. The van der Waals surface area contributed by atoms with Gasteiger partial charge in [0.1, 0.15) is 18.5 Å². The van der Waals surface area contributed by atoms with Crippen LogP contribution in [0.1, 0.15) is 32.3 Å². The molecule has 1 aliphatic heterocycles. The molecule has 5 nitrogen and oxygen atoms in total. The Balaban J connectivity index is 1.75. The van der Waals surface area contributed by atoms with Gasteiger partial charge in [-0.25, -0.2) is 0 Å². The molecule has 1 fully saturated rings. The van der Waals surface area contributed by atoms with Crippen LogP contribution >= 0.6 is 0 Å². The Labute approximate surface area is 145 Å². The van der Waals surface area contributed by atoms with E-state index in [2.05, 4.69) is 10.2 Å². The van der Waals surface area contributed by atoms with Gasteiger partial charge in [0.25, 0.3) is 0 Å². The number of carbonyl (C=O) groups excluding carboxylic acids is 1.